The van der Waals surface area contributed by atoms with E-state index in [0.29, 0.717) is 19.4 Å². The molecule has 1 heterocycles. The van der Waals surface area contributed by atoms with Gasteiger partial charge in [0.25, 0.3) is 5.91 Å². The minimum atomic E-state index is -0.483. The summed E-state index contributed by atoms with van der Waals surface area (Å²) >= 11 is 6.02. The first-order valence-electron chi connectivity index (χ1n) is 8.71. The van der Waals surface area contributed by atoms with Crippen molar-refractivity contribution in [2.24, 2.45) is 5.92 Å². The van der Waals surface area contributed by atoms with Crippen molar-refractivity contribution in [3.05, 3.63) is 63.9 Å². The van der Waals surface area contributed by atoms with E-state index in [1.807, 2.05) is 12.1 Å². The quantitative estimate of drug-likeness (QED) is 0.857. The number of aliphatic hydroxyl groups excluding tert-OH is 1. The highest BCUT2D eigenvalue weighted by molar-refractivity contribution is 6.33. The van der Waals surface area contributed by atoms with Crippen LogP contribution < -0.4 is 10.1 Å². The number of ether oxygens (including phenoxy) is 1. The lowest BCUT2D eigenvalue weighted by atomic mass is 9.74. The Labute approximate surface area is 155 Å². The van der Waals surface area contributed by atoms with Crippen LogP contribution in [0.25, 0.3) is 0 Å². The van der Waals surface area contributed by atoms with Gasteiger partial charge in [0.15, 0.2) is 0 Å². The molecule has 0 aromatic heterocycles. The number of rotatable bonds is 4. The molecule has 1 saturated carbocycles. The number of benzene rings is 2. The van der Waals surface area contributed by atoms with Gasteiger partial charge in [0.2, 0.25) is 0 Å². The molecule has 6 heteroatoms. The van der Waals surface area contributed by atoms with Crippen LogP contribution in [0, 0.1) is 11.7 Å². The molecule has 2 aliphatic rings. The number of amides is 1. The summed E-state index contributed by atoms with van der Waals surface area (Å²) < 4.78 is 18.8. The van der Waals surface area contributed by atoms with Crippen LogP contribution in [-0.2, 0) is 6.42 Å². The monoisotopic (exact) mass is 375 g/mol. The van der Waals surface area contributed by atoms with Gasteiger partial charge in [-0.2, -0.15) is 0 Å². The highest BCUT2D eigenvalue weighted by atomic mass is 35.5. The fraction of sp³-hybridized carbons (Fsp3) is 0.350. The summed E-state index contributed by atoms with van der Waals surface area (Å²) in [7, 11) is 0. The van der Waals surface area contributed by atoms with E-state index in [2.05, 4.69) is 11.4 Å². The van der Waals surface area contributed by atoms with Gasteiger partial charge in [0.05, 0.1) is 29.3 Å². The standard InChI is InChI=1S/C20H19ClFNO3/c21-17-10-14(22)2-3-16(17)20(25)23-19(13-8-15(24)9-13)12-1-4-18-11(7-12)5-6-26-18/h1-4,7,10,13,15,19,24H,5-6,8-9H2,(H,23,25)/t13?,15?,19-/m1/s1. The minimum absolute atomic E-state index is 0.0808. The third-order valence-electron chi connectivity index (χ3n) is 5.16. The molecule has 1 aliphatic heterocycles. The fourth-order valence-corrected chi connectivity index (χ4v) is 3.92. The molecular formula is C20H19ClFNO3. The third-order valence-corrected chi connectivity index (χ3v) is 5.47. The fourth-order valence-electron chi connectivity index (χ4n) is 3.67. The van der Waals surface area contributed by atoms with E-state index in [0.717, 1.165) is 29.4 Å². The van der Waals surface area contributed by atoms with Gasteiger partial charge in [-0.3, -0.25) is 4.79 Å². The number of carbonyl (C=O) groups excluding carboxylic acids is 1. The zero-order valence-electron chi connectivity index (χ0n) is 14.0. The van der Waals surface area contributed by atoms with Gasteiger partial charge >= 0.3 is 0 Å². The van der Waals surface area contributed by atoms with Crippen LogP contribution in [0.4, 0.5) is 4.39 Å². The predicted octanol–water partition coefficient (Wildman–Crippen LogP) is 3.66. The van der Waals surface area contributed by atoms with Crippen LogP contribution in [-0.4, -0.2) is 23.7 Å². The van der Waals surface area contributed by atoms with Gasteiger partial charge in [-0.15, -0.1) is 0 Å². The Morgan fingerprint density at radius 3 is 2.81 bits per heavy atom. The molecule has 2 N–H and O–H groups in total. The highest BCUT2D eigenvalue weighted by Crippen LogP contribution is 2.40. The smallest absolute Gasteiger partial charge is 0.253 e. The van der Waals surface area contributed by atoms with E-state index >= 15 is 0 Å². The van der Waals surface area contributed by atoms with E-state index in [9.17, 15) is 14.3 Å². The van der Waals surface area contributed by atoms with Gasteiger partial charge in [0.1, 0.15) is 11.6 Å². The van der Waals surface area contributed by atoms with Crippen molar-refractivity contribution in [1.29, 1.82) is 0 Å². The second-order valence-electron chi connectivity index (χ2n) is 6.93. The first-order valence-corrected chi connectivity index (χ1v) is 9.08. The van der Waals surface area contributed by atoms with Crippen LogP contribution in [0.3, 0.4) is 0 Å². The van der Waals surface area contributed by atoms with Crippen LogP contribution in [0.15, 0.2) is 36.4 Å². The maximum absolute atomic E-state index is 13.2. The number of hydrogen-bond acceptors (Lipinski definition) is 3. The number of fused-ring (bicyclic) bond motifs is 1. The molecule has 26 heavy (non-hydrogen) atoms. The lowest BCUT2D eigenvalue weighted by molar-refractivity contribution is 0.0235. The van der Waals surface area contributed by atoms with Gasteiger partial charge in [-0.25, -0.2) is 4.39 Å². The Morgan fingerprint density at radius 2 is 2.08 bits per heavy atom. The maximum Gasteiger partial charge on any atom is 0.253 e. The van der Waals surface area contributed by atoms with E-state index in [1.165, 1.54) is 12.1 Å². The Hall–Kier alpha value is -2.11. The number of nitrogens with one attached hydrogen (secondary N) is 1. The lowest BCUT2D eigenvalue weighted by Gasteiger charge is -2.38. The molecule has 0 radical (unpaired) electrons. The first kappa shape index (κ1) is 17.3. The summed E-state index contributed by atoms with van der Waals surface area (Å²) in [6.07, 6.45) is 1.79. The summed E-state index contributed by atoms with van der Waals surface area (Å²) in [4.78, 5) is 12.7. The van der Waals surface area contributed by atoms with Crippen molar-refractivity contribution in [3.63, 3.8) is 0 Å². The molecule has 4 rings (SSSR count). The van der Waals surface area contributed by atoms with Gasteiger partial charge in [-0.05, 0) is 60.2 Å². The van der Waals surface area contributed by atoms with E-state index in [4.69, 9.17) is 16.3 Å². The summed E-state index contributed by atoms with van der Waals surface area (Å²) in [5.74, 6) is 0.199. The van der Waals surface area contributed by atoms with Crippen LogP contribution >= 0.6 is 11.6 Å². The third kappa shape index (κ3) is 3.29. The second-order valence-corrected chi connectivity index (χ2v) is 7.33. The molecule has 2 aromatic carbocycles. The van der Waals surface area contributed by atoms with E-state index in [-0.39, 0.29) is 34.6 Å². The van der Waals surface area contributed by atoms with Crippen molar-refractivity contribution < 1.29 is 19.0 Å². The molecule has 1 amide bonds. The number of hydrogen-bond donors (Lipinski definition) is 2. The second kappa shape index (κ2) is 6.89. The molecule has 0 unspecified atom stereocenters. The number of carbonyl (C=O) groups is 1. The average Bonchev–Trinajstić information content (AvgIpc) is 3.04. The topological polar surface area (TPSA) is 58.6 Å². The SMILES string of the molecule is O=C(N[C@H](c1ccc2c(c1)CCO2)C1CC(O)C1)c1ccc(F)cc1Cl. The summed E-state index contributed by atoms with van der Waals surface area (Å²) in [6, 6.07) is 9.43. The molecule has 1 aliphatic carbocycles. The summed E-state index contributed by atoms with van der Waals surface area (Å²) in [5, 5.41) is 12.8. The molecule has 0 spiro atoms. The molecular weight excluding hydrogens is 357 g/mol. The largest absolute Gasteiger partial charge is 0.493 e. The number of halogens is 2. The van der Waals surface area contributed by atoms with Crippen molar-refractivity contribution in [2.75, 3.05) is 6.61 Å². The zero-order chi connectivity index (χ0) is 18.3. The Balaban J connectivity index is 1.60. The first-order chi connectivity index (χ1) is 12.5. The summed E-state index contributed by atoms with van der Waals surface area (Å²) in [6.45, 7) is 0.670. The Kier molecular flexibility index (Phi) is 4.59. The van der Waals surface area contributed by atoms with Crippen LogP contribution in [0.2, 0.25) is 5.02 Å². The lowest BCUT2D eigenvalue weighted by Crippen LogP contribution is -2.41. The molecule has 0 saturated heterocycles. The van der Waals surface area contributed by atoms with Crippen molar-refractivity contribution in [2.45, 2.75) is 31.4 Å². The normalized spacial score (nSPS) is 22.1. The van der Waals surface area contributed by atoms with Crippen molar-refractivity contribution in [1.82, 2.24) is 5.32 Å². The molecule has 1 atom stereocenters. The van der Waals surface area contributed by atoms with Crippen LogP contribution in [0.5, 0.6) is 5.75 Å². The highest BCUT2D eigenvalue weighted by Gasteiger charge is 2.36. The van der Waals surface area contributed by atoms with Crippen molar-refractivity contribution >= 4 is 17.5 Å². The Morgan fingerprint density at radius 1 is 1.27 bits per heavy atom. The van der Waals surface area contributed by atoms with Gasteiger partial charge in [-0.1, -0.05) is 17.7 Å². The van der Waals surface area contributed by atoms with Gasteiger partial charge < -0.3 is 15.2 Å². The van der Waals surface area contributed by atoms with Crippen LogP contribution in [0.1, 0.15) is 40.4 Å². The molecule has 2 aromatic rings. The molecule has 0 bridgehead atoms. The molecule has 1 fully saturated rings. The minimum Gasteiger partial charge on any atom is -0.493 e. The van der Waals surface area contributed by atoms with E-state index in [1.54, 1.807) is 0 Å². The maximum atomic E-state index is 13.2. The average molecular weight is 376 g/mol. The molecule has 136 valence electrons. The summed E-state index contributed by atoms with van der Waals surface area (Å²) in [5.41, 5.74) is 2.35. The molecule has 4 nitrogen and oxygen atoms in total. The Bertz CT molecular complexity index is 851. The predicted molar refractivity (Wildman–Crippen MR) is 96.0 cm³/mol. The zero-order valence-corrected chi connectivity index (χ0v) is 14.8. The number of aliphatic hydroxyl groups is 1. The van der Waals surface area contributed by atoms with Gasteiger partial charge in [0, 0.05) is 6.42 Å². The van der Waals surface area contributed by atoms with E-state index < -0.39 is 5.82 Å². The van der Waals surface area contributed by atoms with Crippen molar-refractivity contribution in [3.8, 4) is 5.75 Å².